The maximum absolute atomic E-state index is 5.64. The Labute approximate surface area is 86.3 Å². The molecule has 14 heavy (non-hydrogen) atoms. The molecule has 0 heterocycles. The van der Waals surface area contributed by atoms with Crippen molar-refractivity contribution in [2.45, 2.75) is 38.3 Å². The minimum Gasteiger partial charge on any atom is -0.316 e. The Balaban J connectivity index is 2.67. The van der Waals surface area contributed by atoms with Crippen molar-refractivity contribution in [1.82, 2.24) is 0 Å². The molecule has 0 radical (unpaired) electrons. The van der Waals surface area contributed by atoms with Crippen LogP contribution in [0.4, 0.5) is 0 Å². The highest BCUT2D eigenvalue weighted by molar-refractivity contribution is 5.19. The Bertz CT molecular complexity index is 244. The topological polar surface area (TPSA) is 52.0 Å². The van der Waals surface area contributed by atoms with Crippen molar-refractivity contribution < 1.29 is 0 Å². The van der Waals surface area contributed by atoms with E-state index in [2.05, 4.69) is 31.2 Å². The molecule has 1 unspecified atom stereocenters. The molecular formula is C12H20N2. The molecule has 1 rings (SSSR count). The third-order valence-electron chi connectivity index (χ3n) is 2.46. The summed E-state index contributed by atoms with van der Waals surface area (Å²) >= 11 is 0. The highest BCUT2D eigenvalue weighted by Crippen LogP contribution is 2.24. The van der Waals surface area contributed by atoms with E-state index in [0.717, 1.165) is 12.8 Å². The molecule has 0 saturated heterocycles. The van der Waals surface area contributed by atoms with Crippen LogP contribution in [0.25, 0.3) is 0 Å². The van der Waals surface area contributed by atoms with Crippen LogP contribution in [0.2, 0.25) is 0 Å². The first kappa shape index (κ1) is 11.2. The van der Waals surface area contributed by atoms with Crippen molar-refractivity contribution in [3.8, 4) is 0 Å². The van der Waals surface area contributed by atoms with Crippen LogP contribution >= 0.6 is 0 Å². The second kappa shape index (κ2) is 5.78. The number of nitrogens with two attached hydrogens (primary N) is 2. The summed E-state index contributed by atoms with van der Waals surface area (Å²) in [5.41, 5.74) is 12.6. The Morgan fingerprint density at radius 3 is 2.29 bits per heavy atom. The van der Waals surface area contributed by atoms with Gasteiger partial charge < -0.3 is 11.5 Å². The van der Waals surface area contributed by atoms with E-state index in [4.69, 9.17) is 11.5 Å². The van der Waals surface area contributed by atoms with Crippen LogP contribution in [0.1, 0.15) is 37.7 Å². The summed E-state index contributed by atoms with van der Waals surface area (Å²) < 4.78 is 0. The van der Waals surface area contributed by atoms with E-state index in [1.54, 1.807) is 0 Å². The molecule has 0 spiro atoms. The molecule has 4 N–H and O–H groups in total. The monoisotopic (exact) mass is 192 g/mol. The lowest BCUT2D eigenvalue weighted by Crippen LogP contribution is -2.32. The van der Waals surface area contributed by atoms with Gasteiger partial charge in [-0.2, -0.15) is 0 Å². The first-order valence-electron chi connectivity index (χ1n) is 5.30. The summed E-state index contributed by atoms with van der Waals surface area (Å²) in [6.45, 7) is 2.19. The normalized spacial score (nSPS) is 13.1. The summed E-state index contributed by atoms with van der Waals surface area (Å²) in [6.07, 6.45) is 3.01. The lowest BCUT2D eigenvalue weighted by molar-refractivity contribution is 0.505. The summed E-state index contributed by atoms with van der Waals surface area (Å²) in [5, 5.41) is 0. The van der Waals surface area contributed by atoms with E-state index in [1.165, 1.54) is 12.0 Å². The Morgan fingerprint density at radius 1 is 1.14 bits per heavy atom. The summed E-state index contributed by atoms with van der Waals surface area (Å²) in [6, 6.07) is 10.5. The molecule has 0 saturated carbocycles. The van der Waals surface area contributed by atoms with Crippen LogP contribution in [0, 0.1) is 0 Å². The molecule has 0 aliphatic heterocycles. The van der Waals surface area contributed by atoms with Gasteiger partial charge in [0.25, 0.3) is 0 Å². The van der Waals surface area contributed by atoms with Crippen LogP contribution in [0.5, 0.6) is 0 Å². The van der Waals surface area contributed by atoms with Crippen molar-refractivity contribution in [3.05, 3.63) is 35.9 Å². The summed E-state index contributed by atoms with van der Waals surface area (Å²) in [4.78, 5) is 0. The highest BCUT2D eigenvalue weighted by Gasteiger charge is 2.11. The van der Waals surface area contributed by atoms with Crippen molar-refractivity contribution in [1.29, 1.82) is 0 Å². The highest BCUT2D eigenvalue weighted by atomic mass is 14.8. The molecule has 2 nitrogen and oxygen atoms in total. The zero-order chi connectivity index (χ0) is 10.4. The number of benzene rings is 1. The van der Waals surface area contributed by atoms with E-state index < -0.39 is 0 Å². The first-order chi connectivity index (χ1) is 6.74. The van der Waals surface area contributed by atoms with Crippen LogP contribution < -0.4 is 11.5 Å². The molecule has 78 valence electrons. The first-order valence-corrected chi connectivity index (χ1v) is 5.30. The molecule has 0 bridgehead atoms. The third kappa shape index (κ3) is 3.48. The molecule has 0 amide bonds. The van der Waals surface area contributed by atoms with E-state index in [-0.39, 0.29) is 6.17 Å². The van der Waals surface area contributed by atoms with Gasteiger partial charge in [-0.15, -0.1) is 0 Å². The van der Waals surface area contributed by atoms with Gasteiger partial charge in [-0.3, -0.25) is 0 Å². The maximum atomic E-state index is 5.64. The predicted octanol–water partition coefficient (Wildman–Crippen LogP) is 2.20. The van der Waals surface area contributed by atoms with Crippen molar-refractivity contribution in [3.63, 3.8) is 0 Å². The maximum Gasteiger partial charge on any atom is 0.0526 e. The van der Waals surface area contributed by atoms with Gasteiger partial charge in [0.2, 0.25) is 0 Å². The van der Waals surface area contributed by atoms with Gasteiger partial charge in [0.1, 0.15) is 0 Å². The minimum absolute atomic E-state index is 0.202. The molecule has 0 fully saturated rings. The lowest BCUT2D eigenvalue weighted by Gasteiger charge is -2.18. The van der Waals surface area contributed by atoms with Gasteiger partial charge in [-0.25, -0.2) is 0 Å². The predicted molar refractivity (Wildman–Crippen MR) is 60.9 cm³/mol. The van der Waals surface area contributed by atoms with Crippen LogP contribution in [0.15, 0.2) is 30.3 Å². The third-order valence-corrected chi connectivity index (χ3v) is 2.46. The fourth-order valence-electron chi connectivity index (χ4n) is 1.82. The summed E-state index contributed by atoms with van der Waals surface area (Å²) in [5.74, 6) is 0.515. The molecule has 1 aromatic carbocycles. The minimum atomic E-state index is -0.202. The van der Waals surface area contributed by atoms with Gasteiger partial charge in [0, 0.05) is 0 Å². The van der Waals surface area contributed by atoms with Gasteiger partial charge in [0.15, 0.2) is 0 Å². The molecule has 0 aliphatic carbocycles. The smallest absolute Gasteiger partial charge is 0.0526 e. The second-order valence-electron chi connectivity index (χ2n) is 3.80. The summed E-state index contributed by atoms with van der Waals surface area (Å²) in [7, 11) is 0. The molecule has 0 aliphatic rings. The van der Waals surface area contributed by atoms with Gasteiger partial charge >= 0.3 is 0 Å². The lowest BCUT2D eigenvalue weighted by atomic mass is 9.90. The number of rotatable bonds is 5. The number of hydrogen-bond acceptors (Lipinski definition) is 2. The van der Waals surface area contributed by atoms with E-state index in [1.807, 2.05) is 6.07 Å². The SMILES string of the molecule is CCCC(CC(N)N)c1ccccc1. The molecular weight excluding hydrogens is 172 g/mol. The zero-order valence-electron chi connectivity index (χ0n) is 8.82. The average Bonchev–Trinajstić information content (AvgIpc) is 2.18. The molecule has 0 aromatic heterocycles. The van der Waals surface area contributed by atoms with Crippen LogP contribution in [0.3, 0.4) is 0 Å². The molecule has 1 atom stereocenters. The van der Waals surface area contributed by atoms with Gasteiger partial charge in [-0.1, -0.05) is 43.7 Å². The van der Waals surface area contributed by atoms with Crippen LogP contribution in [-0.4, -0.2) is 6.17 Å². The molecule has 2 heteroatoms. The Morgan fingerprint density at radius 2 is 1.79 bits per heavy atom. The van der Waals surface area contributed by atoms with E-state index in [0.29, 0.717) is 5.92 Å². The average molecular weight is 192 g/mol. The van der Waals surface area contributed by atoms with Gasteiger partial charge in [0.05, 0.1) is 6.17 Å². The molecule has 1 aromatic rings. The van der Waals surface area contributed by atoms with Crippen molar-refractivity contribution in [2.75, 3.05) is 0 Å². The standard InChI is InChI=1S/C12H20N2/c1-2-6-11(9-12(13)14)10-7-4-3-5-8-10/h3-5,7-8,11-12H,2,6,9,13-14H2,1H3. The number of hydrogen-bond donors (Lipinski definition) is 2. The van der Waals surface area contributed by atoms with Crippen molar-refractivity contribution in [2.24, 2.45) is 11.5 Å². The Hall–Kier alpha value is -0.860. The van der Waals surface area contributed by atoms with Gasteiger partial charge in [-0.05, 0) is 24.3 Å². The fraction of sp³-hybridized carbons (Fsp3) is 0.500. The Kier molecular flexibility index (Phi) is 4.63. The van der Waals surface area contributed by atoms with E-state index >= 15 is 0 Å². The second-order valence-corrected chi connectivity index (χ2v) is 3.80. The quantitative estimate of drug-likeness (QED) is 0.703. The van der Waals surface area contributed by atoms with Crippen molar-refractivity contribution >= 4 is 0 Å². The van der Waals surface area contributed by atoms with E-state index in [9.17, 15) is 0 Å². The van der Waals surface area contributed by atoms with Crippen LogP contribution in [-0.2, 0) is 0 Å². The largest absolute Gasteiger partial charge is 0.316 e. The zero-order valence-corrected chi connectivity index (χ0v) is 8.82. The fourth-order valence-corrected chi connectivity index (χ4v) is 1.82.